The lowest BCUT2D eigenvalue weighted by atomic mass is 10.2. The molecule has 1 heterocycles. The first-order valence-corrected chi connectivity index (χ1v) is 9.53. The summed E-state index contributed by atoms with van der Waals surface area (Å²) in [6.45, 7) is 1.57. The van der Waals surface area contributed by atoms with E-state index < -0.39 is 17.8 Å². The zero-order valence-electron chi connectivity index (χ0n) is 16.4. The molecule has 0 N–H and O–H groups in total. The summed E-state index contributed by atoms with van der Waals surface area (Å²) in [6, 6.07) is 7.17. The van der Waals surface area contributed by atoms with E-state index in [0.717, 1.165) is 21.2 Å². The van der Waals surface area contributed by atoms with E-state index in [2.05, 4.69) is 14.5 Å². The van der Waals surface area contributed by atoms with Crippen molar-refractivity contribution in [3.63, 3.8) is 0 Å². The summed E-state index contributed by atoms with van der Waals surface area (Å²) in [5.41, 5.74) is 1.58. The molecule has 0 saturated heterocycles. The number of ether oxygens (including phenoxy) is 3. The van der Waals surface area contributed by atoms with Gasteiger partial charge in [-0.2, -0.15) is 0 Å². The summed E-state index contributed by atoms with van der Waals surface area (Å²) in [6.07, 6.45) is 2.85. The number of aromatic nitrogens is 1. The van der Waals surface area contributed by atoms with E-state index in [4.69, 9.17) is 4.74 Å². The Balaban J connectivity index is 2.02. The minimum Gasteiger partial charge on any atom is -0.487 e. The van der Waals surface area contributed by atoms with Gasteiger partial charge >= 0.3 is 11.9 Å². The number of aryl methyl sites for hydroxylation is 1. The van der Waals surface area contributed by atoms with Gasteiger partial charge in [0.25, 0.3) is 0 Å². The number of hydrogen-bond acceptors (Lipinski definition) is 8. The second-order valence-corrected chi connectivity index (χ2v) is 6.96. The molecule has 2 rings (SSSR count). The maximum atomic E-state index is 12.4. The lowest BCUT2D eigenvalue weighted by Gasteiger charge is -2.18. The van der Waals surface area contributed by atoms with Crippen LogP contribution in [0.25, 0.3) is 6.08 Å². The van der Waals surface area contributed by atoms with E-state index in [1.165, 1.54) is 20.3 Å². The van der Waals surface area contributed by atoms with Gasteiger partial charge in [0.2, 0.25) is 5.91 Å². The van der Waals surface area contributed by atoms with E-state index in [-0.39, 0.29) is 13.1 Å². The molecule has 0 aliphatic rings. The number of esters is 2. The molecule has 0 saturated carbocycles. The van der Waals surface area contributed by atoms with E-state index >= 15 is 0 Å². The van der Waals surface area contributed by atoms with Crippen molar-refractivity contribution in [3.8, 4) is 5.75 Å². The highest BCUT2D eigenvalue weighted by Gasteiger charge is 2.19. The third-order valence-corrected chi connectivity index (χ3v) is 4.56. The Kier molecular flexibility index (Phi) is 8.35. The minimum absolute atomic E-state index is 0.350. The quantitative estimate of drug-likeness (QED) is 0.455. The topological polar surface area (TPSA) is 95.0 Å². The van der Waals surface area contributed by atoms with Crippen molar-refractivity contribution in [1.82, 2.24) is 9.88 Å². The van der Waals surface area contributed by atoms with Crippen LogP contribution < -0.4 is 4.74 Å². The summed E-state index contributed by atoms with van der Waals surface area (Å²) in [5, 5.41) is 2.91. The molecule has 9 heteroatoms. The molecule has 0 bridgehead atoms. The Hall–Kier alpha value is -3.20. The standard InChI is InChI=1S/C20H22N2O6S/c1-14-21-16(13-29-14)12-28-17-6-4-5-15(9-17)7-8-18(23)22(10-19(24)26-2)11-20(25)27-3/h4-9,13H,10-12H2,1-3H3/b8-7+. The molecule has 8 nitrogen and oxygen atoms in total. The van der Waals surface area contributed by atoms with E-state index in [1.807, 2.05) is 12.3 Å². The molecule has 0 spiro atoms. The van der Waals surface area contributed by atoms with Gasteiger partial charge in [0.05, 0.1) is 24.9 Å². The van der Waals surface area contributed by atoms with E-state index in [9.17, 15) is 14.4 Å². The van der Waals surface area contributed by atoms with Crippen molar-refractivity contribution >= 4 is 35.3 Å². The Morgan fingerprint density at radius 2 is 1.83 bits per heavy atom. The lowest BCUT2D eigenvalue weighted by molar-refractivity contribution is -0.150. The Labute approximate surface area is 172 Å². The van der Waals surface area contributed by atoms with Gasteiger partial charge in [0.1, 0.15) is 25.4 Å². The first-order valence-electron chi connectivity index (χ1n) is 8.65. The van der Waals surface area contributed by atoms with E-state index in [0.29, 0.717) is 12.4 Å². The van der Waals surface area contributed by atoms with Gasteiger partial charge in [0, 0.05) is 11.5 Å². The smallest absolute Gasteiger partial charge is 0.325 e. The van der Waals surface area contributed by atoms with Gasteiger partial charge in [-0.1, -0.05) is 12.1 Å². The van der Waals surface area contributed by atoms with Crippen LogP contribution in [0.1, 0.15) is 16.3 Å². The summed E-state index contributed by atoms with van der Waals surface area (Å²) >= 11 is 1.56. The summed E-state index contributed by atoms with van der Waals surface area (Å²) < 4.78 is 14.8. The number of carbonyl (C=O) groups excluding carboxylic acids is 3. The third kappa shape index (κ3) is 7.38. The van der Waals surface area contributed by atoms with Crippen LogP contribution in [0.2, 0.25) is 0 Å². The van der Waals surface area contributed by atoms with Crippen LogP contribution in [-0.4, -0.2) is 55.0 Å². The maximum absolute atomic E-state index is 12.4. The monoisotopic (exact) mass is 418 g/mol. The summed E-state index contributed by atoms with van der Waals surface area (Å²) in [5.74, 6) is -1.16. The molecule has 0 fully saturated rings. The number of carbonyl (C=O) groups is 3. The number of amides is 1. The second kappa shape index (κ2) is 11.0. The Morgan fingerprint density at radius 1 is 1.14 bits per heavy atom. The van der Waals surface area contributed by atoms with Crippen molar-refractivity contribution < 1.29 is 28.6 Å². The molecular formula is C20H22N2O6S. The van der Waals surface area contributed by atoms with Crippen LogP contribution in [0.5, 0.6) is 5.75 Å². The lowest BCUT2D eigenvalue weighted by Crippen LogP contribution is -2.39. The Morgan fingerprint density at radius 3 is 2.41 bits per heavy atom. The highest BCUT2D eigenvalue weighted by molar-refractivity contribution is 7.09. The number of rotatable bonds is 9. The van der Waals surface area contributed by atoms with Crippen LogP contribution in [0.15, 0.2) is 35.7 Å². The number of thiazole rings is 1. The van der Waals surface area contributed by atoms with Crippen LogP contribution in [0.4, 0.5) is 0 Å². The fourth-order valence-electron chi connectivity index (χ4n) is 2.27. The van der Waals surface area contributed by atoms with Crippen LogP contribution in [0.3, 0.4) is 0 Å². The molecule has 0 aliphatic heterocycles. The molecule has 154 valence electrons. The van der Waals surface area contributed by atoms with Crippen molar-refractivity contribution in [2.75, 3.05) is 27.3 Å². The van der Waals surface area contributed by atoms with Gasteiger partial charge in [-0.15, -0.1) is 11.3 Å². The van der Waals surface area contributed by atoms with Crippen molar-refractivity contribution in [1.29, 1.82) is 0 Å². The number of hydrogen-bond donors (Lipinski definition) is 0. The third-order valence-electron chi connectivity index (χ3n) is 3.74. The largest absolute Gasteiger partial charge is 0.487 e. The summed E-state index contributed by atoms with van der Waals surface area (Å²) in [4.78, 5) is 40.8. The normalized spacial score (nSPS) is 10.6. The van der Waals surface area contributed by atoms with Crippen molar-refractivity contribution in [2.45, 2.75) is 13.5 Å². The van der Waals surface area contributed by atoms with Gasteiger partial charge in [-0.3, -0.25) is 14.4 Å². The Bertz CT molecular complexity index is 875. The van der Waals surface area contributed by atoms with Crippen LogP contribution in [0, 0.1) is 6.92 Å². The molecule has 0 aliphatic carbocycles. The number of nitrogens with zero attached hydrogens (tertiary/aromatic N) is 2. The van der Waals surface area contributed by atoms with Crippen LogP contribution in [-0.2, 0) is 30.5 Å². The first kappa shape index (κ1) is 22.1. The fourth-order valence-corrected chi connectivity index (χ4v) is 2.86. The SMILES string of the molecule is COC(=O)CN(CC(=O)OC)C(=O)/C=C/c1cccc(OCc2csc(C)n2)c1. The van der Waals surface area contributed by atoms with Gasteiger partial charge in [-0.25, -0.2) is 4.98 Å². The predicted molar refractivity (Wildman–Crippen MR) is 107 cm³/mol. The zero-order valence-corrected chi connectivity index (χ0v) is 17.2. The van der Waals surface area contributed by atoms with Crippen molar-refractivity contribution in [2.24, 2.45) is 0 Å². The van der Waals surface area contributed by atoms with E-state index in [1.54, 1.807) is 41.7 Å². The average molecular weight is 418 g/mol. The number of benzene rings is 1. The first-order chi connectivity index (χ1) is 13.9. The summed E-state index contributed by atoms with van der Waals surface area (Å²) in [7, 11) is 2.41. The predicted octanol–water partition coefficient (Wildman–Crippen LogP) is 2.22. The van der Waals surface area contributed by atoms with Gasteiger partial charge in [0.15, 0.2) is 0 Å². The highest BCUT2D eigenvalue weighted by atomic mass is 32.1. The van der Waals surface area contributed by atoms with Crippen LogP contribution >= 0.6 is 11.3 Å². The van der Waals surface area contributed by atoms with Gasteiger partial charge < -0.3 is 19.1 Å². The van der Waals surface area contributed by atoms with Crippen molar-refractivity contribution in [3.05, 3.63) is 52.0 Å². The molecule has 0 unspecified atom stereocenters. The zero-order chi connectivity index (χ0) is 21.2. The average Bonchev–Trinajstić information content (AvgIpc) is 3.15. The minimum atomic E-state index is -0.636. The van der Waals surface area contributed by atoms with Gasteiger partial charge in [-0.05, 0) is 30.7 Å². The number of methoxy groups -OCH3 is 2. The molecule has 1 aromatic carbocycles. The molecule has 0 radical (unpaired) electrons. The molecular weight excluding hydrogens is 396 g/mol. The molecule has 1 aromatic heterocycles. The molecule has 29 heavy (non-hydrogen) atoms. The fraction of sp³-hybridized carbons (Fsp3) is 0.300. The highest BCUT2D eigenvalue weighted by Crippen LogP contribution is 2.17. The molecule has 0 atom stereocenters. The molecule has 2 aromatic rings. The molecule has 1 amide bonds. The maximum Gasteiger partial charge on any atom is 0.325 e. The second-order valence-electron chi connectivity index (χ2n) is 5.90.